The van der Waals surface area contributed by atoms with Crippen molar-refractivity contribution in [1.29, 1.82) is 0 Å². The average Bonchev–Trinajstić information content (AvgIpc) is 3.13. The molecule has 2 amide bonds. The van der Waals surface area contributed by atoms with Crippen LogP contribution in [0, 0.1) is 5.92 Å². The number of rotatable bonds is 33. The van der Waals surface area contributed by atoms with Gasteiger partial charge in [0.15, 0.2) is 0 Å². The molecule has 0 rings (SSSR count). The fourth-order valence-corrected chi connectivity index (χ4v) is 5.71. The molecule has 0 aliphatic carbocycles. The van der Waals surface area contributed by atoms with Crippen LogP contribution in [0.15, 0.2) is 4.99 Å². The second-order valence-corrected chi connectivity index (χ2v) is 13.4. The zero-order chi connectivity index (χ0) is 37.8. The van der Waals surface area contributed by atoms with Crippen LogP contribution >= 0.6 is 0 Å². The lowest BCUT2D eigenvalue weighted by molar-refractivity contribution is -0.149. The van der Waals surface area contributed by atoms with Crippen molar-refractivity contribution in [3.05, 3.63) is 0 Å². The van der Waals surface area contributed by atoms with Gasteiger partial charge in [-0.25, -0.2) is 20.7 Å². The molecule has 8 N–H and O–H groups in total. The van der Waals surface area contributed by atoms with E-state index < -0.39 is 36.0 Å². The Morgan fingerprint density at radius 1 is 0.660 bits per heavy atom. The smallest absolute Gasteiger partial charge is 0.248 e. The number of aliphatic imine (C=N–C) groups is 1. The third kappa shape index (κ3) is 26.0. The molecule has 0 aromatic rings. The monoisotopic (exact) mass is 717 g/mol. The van der Waals surface area contributed by atoms with Crippen LogP contribution in [0.2, 0.25) is 0 Å². The van der Waals surface area contributed by atoms with Gasteiger partial charge in [0.25, 0.3) is 0 Å². The van der Waals surface area contributed by atoms with E-state index in [1.165, 1.54) is 36.7 Å². The van der Waals surface area contributed by atoms with Gasteiger partial charge in [-0.1, -0.05) is 97.8 Å². The summed E-state index contributed by atoms with van der Waals surface area (Å²) in [5.41, 5.74) is 4.31. The molecule has 0 spiro atoms. The van der Waals surface area contributed by atoms with Crippen LogP contribution in [0.3, 0.4) is 0 Å². The molecule has 50 heavy (non-hydrogen) atoms. The first kappa shape index (κ1) is 50.3. The summed E-state index contributed by atoms with van der Waals surface area (Å²) in [6.07, 6.45) is 19.5. The van der Waals surface area contributed by atoms with E-state index in [1.807, 2.05) is 0 Å². The van der Waals surface area contributed by atoms with Gasteiger partial charge in [0, 0.05) is 19.8 Å². The molecule has 0 saturated carbocycles. The van der Waals surface area contributed by atoms with E-state index in [2.05, 4.69) is 47.4 Å². The standard InChI is InChI=1S/C25H50N6O5.C12H26O2/c1-5-7-11-16-27-22(20(3)29-35)24(33)31(18-14-10-9-13-15-26-19-32)25(34)23(21(4)30-36)28-17-12-8-6-2;1-2-12(9-5-7-11-14)8-4-3-6-10-13/h20-23,27-30,35-36H,5-18H2,1-4H3;12-14H,2-11H2,1H3. The summed E-state index contributed by atoms with van der Waals surface area (Å²) >= 11 is 0. The van der Waals surface area contributed by atoms with E-state index in [4.69, 9.17) is 10.2 Å². The maximum Gasteiger partial charge on any atom is 0.248 e. The minimum Gasteiger partial charge on any atom is -0.396 e. The number of carbonyl (C=O) groups is 2. The molecule has 0 bridgehead atoms. The Balaban J connectivity index is 0. The number of hydroxylamine groups is 2. The molecule has 0 radical (unpaired) electrons. The van der Waals surface area contributed by atoms with E-state index in [0.29, 0.717) is 39.3 Å². The molecule has 0 aromatic heterocycles. The molecule has 5 atom stereocenters. The molecule has 0 heterocycles. The van der Waals surface area contributed by atoms with Crippen molar-refractivity contribution in [2.45, 2.75) is 174 Å². The second kappa shape index (κ2) is 37.0. The maximum atomic E-state index is 13.7. The van der Waals surface area contributed by atoms with E-state index in [-0.39, 0.29) is 6.54 Å². The van der Waals surface area contributed by atoms with Crippen LogP contribution in [0.25, 0.3) is 0 Å². The molecule has 0 aromatic carbocycles. The maximum absolute atomic E-state index is 13.7. The van der Waals surface area contributed by atoms with Crippen molar-refractivity contribution in [1.82, 2.24) is 26.5 Å². The van der Waals surface area contributed by atoms with Gasteiger partial charge < -0.3 is 31.3 Å². The first-order chi connectivity index (χ1) is 24.2. The predicted octanol–water partition coefficient (Wildman–Crippen LogP) is 5.00. The van der Waals surface area contributed by atoms with E-state index >= 15 is 0 Å². The van der Waals surface area contributed by atoms with Crippen LogP contribution < -0.4 is 21.6 Å². The Kier molecular flexibility index (Phi) is 37.2. The minimum atomic E-state index is -0.795. The summed E-state index contributed by atoms with van der Waals surface area (Å²) in [5, 5.41) is 42.8. The normalized spacial score (nSPS) is 14.1. The van der Waals surface area contributed by atoms with Gasteiger partial charge in [0.2, 0.25) is 17.9 Å². The molecule has 0 aliphatic rings. The highest BCUT2D eigenvalue weighted by Gasteiger charge is 2.36. The van der Waals surface area contributed by atoms with Crippen LogP contribution in [-0.4, -0.2) is 107 Å². The van der Waals surface area contributed by atoms with Crippen LogP contribution in [0.1, 0.15) is 150 Å². The number of nitrogens with zero attached hydrogens (tertiary/aromatic N) is 2. The molecule has 13 heteroatoms. The summed E-state index contributed by atoms with van der Waals surface area (Å²) in [6, 6.07) is -2.81. The van der Waals surface area contributed by atoms with Crippen LogP contribution in [-0.2, 0) is 14.4 Å². The van der Waals surface area contributed by atoms with Gasteiger partial charge in [0.1, 0.15) is 12.1 Å². The first-order valence-corrected chi connectivity index (χ1v) is 19.6. The van der Waals surface area contributed by atoms with Crippen molar-refractivity contribution in [3.63, 3.8) is 0 Å². The number of aliphatic hydroxyl groups excluding tert-OH is 2. The largest absolute Gasteiger partial charge is 0.396 e. The van der Waals surface area contributed by atoms with Crippen LogP contribution in [0.5, 0.6) is 0 Å². The number of hydrogen-bond acceptors (Lipinski definition) is 12. The molecule has 5 unspecified atom stereocenters. The summed E-state index contributed by atoms with van der Waals surface area (Å²) in [7, 11) is 0. The quantitative estimate of drug-likeness (QED) is 0.0197. The molecule has 0 saturated heterocycles. The lowest BCUT2D eigenvalue weighted by atomic mass is 9.93. The summed E-state index contributed by atoms with van der Waals surface area (Å²) in [4.78, 5) is 42.3. The van der Waals surface area contributed by atoms with Gasteiger partial charge in [-0.15, -0.1) is 0 Å². The fourth-order valence-electron chi connectivity index (χ4n) is 5.71. The van der Waals surface area contributed by atoms with E-state index in [9.17, 15) is 24.8 Å². The Hall–Kier alpha value is -1.80. The number of imide groups is 1. The Morgan fingerprint density at radius 3 is 1.56 bits per heavy atom. The second-order valence-electron chi connectivity index (χ2n) is 13.4. The Bertz CT molecular complexity index is 796. The Labute approximate surface area is 303 Å². The molecule has 296 valence electrons. The van der Waals surface area contributed by atoms with Gasteiger partial charge >= 0.3 is 0 Å². The molecule has 0 fully saturated rings. The minimum absolute atomic E-state index is 0.213. The first-order valence-electron chi connectivity index (χ1n) is 19.6. The van der Waals surface area contributed by atoms with Crippen LogP contribution in [0.4, 0.5) is 0 Å². The average molecular weight is 717 g/mol. The number of carbonyl (C=O) groups excluding carboxylic acids is 3. The van der Waals surface area contributed by atoms with Gasteiger partial charge in [0.05, 0.1) is 18.6 Å². The zero-order valence-electron chi connectivity index (χ0n) is 32.3. The number of isocyanates is 1. The van der Waals surface area contributed by atoms with Crippen molar-refractivity contribution in [2.24, 2.45) is 10.9 Å². The molecular formula is C37H76N6O7. The zero-order valence-corrected chi connectivity index (χ0v) is 32.3. The molecular weight excluding hydrogens is 640 g/mol. The fraction of sp³-hybridized carbons (Fsp3) is 0.919. The summed E-state index contributed by atoms with van der Waals surface area (Å²) < 4.78 is 0. The highest BCUT2D eigenvalue weighted by Crippen LogP contribution is 2.19. The van der Waals surface area contributed by atoms with Gasteiger partial charge in [-0.05, 0) is 71.4 Å². The number of aliphatic hydroxyl groups is 2. The summed E-state index contributed by atoms with van der Waals surface area (Å²) in [6.45, 7) is 12.3. The van der Waals surface area contributed by atoms with E-state index in [1.54, 1.807) is 13.8 Å². The lowest BCUT2D eigenvalue weighted by Crippen LogP contribution is -2.62. The SMILES string of the molecule is CCC(CCCCO)CCCCCO.CCCCCNC(C(=O)N(CCCCCCN=C=O)C(=O)C(NCCCCC)C(C)NO)C(C)NO. The Morgan fingerprint density at radius 2 is 1.12 bits per heavy atom. The van der Waals surface area contributed by atoms with Gasteiger partial charge in [-0.3, -0.25) is 14.5 Å². The number of hydrogen-bond donors (Lipinski definition) is 8. The molecule has 13 nitrogen and oxygen atoms in total. The third-order valence-electron chi connectivity index (χ3n) is 9.10. The van der Waals surface area contributed by atoms with Gasteiger partial charge in [-0.2, -0.15) is 0 Å². The highest BCUT2D eigenvalue weighted by molar-refractivity contribution is 6.00. The topological polar surface area (TPSA) is 196 Å². The third-order valence-corrected chi connectivity index (χ3v) is 9.10. The van der Waals surface area contributed by atoms with E-state index in [0.717, 1.165) is 89.4 Å². The van der Waals surface area contributed by atoms with Crippen molar-refractivity contribution >= 4 is 17.9 Å². The number of nitrogens with one attached hydrogen (secondary N) is 4. The highest BCUT2D eigenvalue weighted by atomic mass is 16.5. The van der Waals surface area contributed by atoms with Crippen molar-refractivity contribution in [3.8, 4) is 0 Å². The number of unbranched alkanes of at least 4 members (excludes halogenated alkanes) is 10. The molecule has 0 aliphatic heterocycles. The summed E-state index contributed by atoms with van der Waals surface area (Å²) in [5.74, 6) is 0.00319. The number of amides is 2. The predicted molar refractivity (Wildman–Crippen MR) is 200 cm³/mol. The van der Waals surface area contributed by atoms with Crippen molar-refractivity contribution < 1.29 is 35.0 Å². The lowest BCUT2D eigenvalue weighted by Gasteiger charge is -2.33. The van der Waals surface area contributed by atoms with Crippen molar-refractivity contribution in [2.75, 3.05) is 39.4 Å².